The predicted octanol–water partition coefficient (Wildman–Crippen LogP) is 3.35. The third-order valence-electron chi connectivity index (χ3n) is 5.79. The summed E-state index contributed by atoms with van der Waals surface area (Å²) >= 11 is 0. The second-order valence-electron chi connectivity index (χ2n) is 8.90. The van der Waals surface area contributed by atoms with Gasteiger partial charge >= 0.3 is 0 Å². The van der Waals surface area contributed by atoms with E-state index < -0.39 is 0 Å². The standard InChI is InChI=1S/C24H42FN5O/c1-6-26-24(27-12-7-13-30(18(2)3)19(4)5)28-17-20-8-9-23(22(25)16-20)29-14-10-21(31)11-15-29/h8-9,16,18-19,21,31H,6-7,10-15,17H2,1-5H3,(H2,26,27,28). The highest BCUT2D eigenvalue weighted by molar-refractivity contribution is 5.79. The monoisotopic (exact) mass is 435 g/mol. The van der Waals surface area contributed by atoms with Gasteiger partial charge in [-0.3, -0.25) is 4.90 Å². The molecule has 0 saturated carbocycles. The number of nitrogens with zero attached hydrogens (tertiary/aromatic N) is 3. The molecule has 176 valence electrons. The van der Waals surface area contributed by atoms with E-state index in [0.29, 0.717) is 50.2 Å². The molecule has 0 aliphatic carbocycles. The SMILES string of the molecule is CCNC(=NCc1ccc(N2CCC(O)CC2)c(F)c1)NCCCN(C(C)C)C(C)C. The number of hydrogen-bond acceptors (Lipinski definition) is 4. The van der Waals surface area contributed by atoms with E-state index in [0.717, 1.165) is 37.6 Å². The van der Waals surface area contributed by atoms with Crippen molar-refractivity contribution in [2.75, 3.05) is 37.6 Å². The summed E-state index contributed by atoms with van der Waals surface area (Å²) in [6, 6.07) is 6.44. The summed E-state index contributed by atoms with van der Waals surface area (Å²) in [6.45, 7) is 15.5. The summed E-state index contributed by atoms with van der Waals surface area (Å²) in [4.78, 5) is 9.13. The van der Waals surface area contributed by atoms with Crippen molar-refractivity contribution in [1.82, 2.24) is 15.5 Å². The van der Waals surface area contributed by atoms with E-state index in [4.69, 9.17) is 0 Å². The number of aliphatic imine (C=N–C) groups is 1. The Bertz CT molecular complexity index is 679. The fourth-order valence-corrected chi connectivity index (χ4v) is 4.11. The van der Waals surface area contributed by atoms with Crippen molar-refractivity contribution in [3.05, 3.63) is 29.6 Å². The molecule has 3 N–H and O–H groups in total. The predicted molar refractivity (Wildman–Crippen MR) is 128 cm³/mol. The highest BCUT2D eigenvalue weighted by Crippen LogP contribution is 2.24. The largest absolute Gasteiger partial charge is 0.393 e. The minimum absolute atomic E-state index is 0.218. The molecule has 1 aliphatic heterocycles. The number of nitrogens with one attached hydrogen (secondary N) is 2. The van der Waals surface area contributed by atoms with Gasteiger partial charge in [0, 0.05) is 44.8 Å². The number of rotatable bonds is 10. The average molecular weight is 436 g/mol. The Kier molecular flexibility index (Phi) is 10.5. The van der Waals surface area contributed by atoms with Gasteiger partial charge in [-0.1, -0.05) is 6.07 Å². The van der Waals surface area contributed by atoms with Gasteiger partial charge in [-0.2, -0.15) is 0 Å². The Labute approximate surface area is 187 Å². The molecule has 6 nitrogen and oxygen atoms in total. The molecule has 1 heterocycles. The summed E-state index contributed by atoms with van der Waals surface area (Å²) in [6.07, 6.45) is 2.16. The van der Waals surface area contributed by atoms with Crippen LogP contribution in [-0.2, 0) is 6.54 Å². The lowest BCUT2D eigenvalue weighted by Crippen LogP contribution is -2.41. The van der Waals surface area contributed by atoms with Crippen LogP contribution < -0.4 is 15.5 Å². The molecule has 0 bridgehead atoms. The van der Waals surface area contributed by atoms with Crippen LogP contribution in [0, 0.1) is 5.82 Å². The summed E-state index contributed by atoms with van der Waals surface area (Å²) in [7, 11) is 0. The molecule has 0 atom stereocenters. The number of aliphatic hydroxyl groups excluding tert-OH is 1. The lowest BCUT2D eigenvalue weighted by molar-refractivity contribution is 0.145. The van der Waals surface area contributed by atoms with E-state index in [1.165, 1.54) is 0 Å². The summed E-state index contributed by atoms with van der Waals surface area (Å²) in [5.74, 6) is 0.544. The second-order valence-corrected chi connectivity index (χ2v) is 8.90. The fraction of sp³-hybridized carbons (Fsp3) is 0.708. The van der Waals surface area contributed by atoms with Crippen molar-refractivity contribution in [2.24, 2.45) is 4.99 Å². The molecule has 1 aromatic carbocycles. The summed E-state index contributed by atoms with van der Waals surface area (Å²) in [5, 5.41) is 16.3. The number of piperidine rings is 1. The topological polar surface area (TPSA) is 63.1 Å². The van der Waals surface area contributed by atoms with E-state index in [1.807, 2.05) is 24.0 Å². The minimum Gasteiger partial charge on any atom is -0.393 e. The minimum atomic E-state index is -0.260. The van der Waals surface area contributed by atoms with Crippen LogP contribution in [-0.4, -0.2) is 66.9 Å². The lowest BCUT2D eigenvalue weighted by atomic mass is 10.1. The van der Waals surface area contributed by atoms with Crippen molar-refractivity contribution in [1.29, 1.82) is 0 Å². The van der Waals surface area contributed by atoms with Gasteiger partial charge < -0.3 is 20.6 Å². The van der Waals surface area contributed by atoms with Gasteiger partial charge in [-0.05, 0) is 71.6 Å². The van der Waals surface area contributed by atoms with E-state index >= 15 is 0 Å². The molecule has 1 aliphatic rings. The summed E-state index contributed by atoms with van der Waals surface area (Å²) < 4.78 is 14.7. The van der Waals surface area contributed by atoms with Crippen LogP contribution in [0.15, 0.2) is 23.2 Å². The first-order valence-corrected chi connectivity index (χ1v) is 11.8. The molecule has 1 saturated heterocycles. The molecule has 0 unspecified atom stereocenters. The van der Waals surface area contributed by atoms with Crippen molar-refractivity contribution in [3.8, 4) is 0 Å². The third kappa shape index (κ3) is 8.30. The quantitative estimate of drug-likeness (QED) is 0.299. The number of guanidine groups is 1. The Morgan fingerprint density at radius 3 is 2.45 bits per heavy atom. The highest BCUT2D eigenvalue weighted by atomic mass is 19.1. The maximum absolute atomic E-state index is 14.7. The molecular weight excluding hydrogens is 393 g/mol. The molecule has 0 radical (unpaired) electrons. The molecule has 1 aromatic rings. The van der Waals surface area contributed by atoms with E-state index in [1.54, 1.807) is 6.07 Å². The molecular formula is C24H42FN5O. The number of halogens is 1. The maximum atomic E-state index is 14.7. The zero-order chi connectivity index (χ0) is 22.8. The summed E-state index contributed by atoms with van der Waals surface area (Å²) in [5.41, 5.74) is 1.46. The Morgan fingerprint density at radius 2 is 1.87 bits per heavy atom. The zero-order valence-electron chi connectivity index (χ0n) is 20.0. The highest BCUT2D eigenvalue weighted by Gasteiger charge is 2.19. The Balaban J connectivity index is 1.89. The van der Waals surface area contributed by atoms with Crippen LogP contribution >= 0.6 is 0 Å². The molecule has 2 rings (SSSR count). The lowest BCUT2D eigenvalue weighted by Gasteiger charge is -2.31. The number of aliphatic hydroxyl groups is 1. The molecule has 1 fully saturated rings. The average Bonchev–Trinajstić information content (AvgIpc) is 2.72. The zero-order valence-corrected chi connectivity index (χ0v) is 20.0. The van der Waals surface area contributed by atoms with Gasteiger partial charge in [0.15, 0.2) is 5.96 Å². The van der Waals surface area contributed by atoms with Crippen LogP contribution in [0.5, 0.6) is 0 Å². The maximum Gasteiger partial charge on any atom is 0.191 e. The molecule has 0 spiro atoms. The number of hydrogen-bond donors (Lipinski definition) is 3. The van der Waals surface area contributed by atoms with Gasteiger partial charge in [0.25, 0.3) is 0 Å². The van der Waals surface area contributed by atoms with Gasteiger partial charge in [0.05, 0.1) is 18.3 Å². The molecule has 7 heteroatoms. The van der Waals surface area contributed by atoms with Crippen LogP contribution in [0.25, 0.3) is 0 Å². The first-order chi connectivity index (χ1) is 14.8. The second kappa shape index (κ2) is 12.9. The third-order valence-corrected chi connectivity index (χ3v) is 5.79. The Morgan fingerprint density at radius 1 is 1.19 bits per heavy atom. The van der Waals surface area contributed by atoms with Crippen molar-refractivity contribution in [3.63, 3.8) is 0 Å². The van der Waals surface area contributed by atoms with E-state index in [9.17, 15) is 9.50 Å². The van der Waals surface area contributed by atoms with Gasteiger partial charge in [0.1, 0.15) is 5.82 Å². The van der Waals surface area contributed by atoms with E-state index in [-0.39, 0.29) is 11.9 Å². The first-order valence-electron chi connectivity index (χ1n) is 11.8. The van der Waals surface area contributed by atoms with Crippen LogP contribution in [0.3, 0.4) is 0 Å². The fourth-order valence-electron chi connectivity index (χ4n) is 4.11. The molecule has 0 amide bonds. The number of benzene rings is 1. The van der Waals surface area contributed by atoms with Crippen molar-refractivity contribution in [2.45, 2.75) is 78.6 Å². The normalized spacial score (nSPS) is 15.9. The Hall–Kier alpha value is -1.86. The smallest absolute Gasteiger partial charge is 0.191 e. The molecule has 31 heavy (non-hydrogen) atoms. The van der Waals surface area contributed by atoms with Crippen LogP contribution in [0.2, 0.25) is 0 Å². The van der Waals surface area contributed by atoms with Gasteiger partial charge in [0.2, 0.25) is 0 Å². The van der Waals surface area contributed by atoms with E-state index in [2.05, 4.69) is 48.2 Å². The van der Waals surface area contributed by atoms with Crippen LogP contribution in [0.4, 0.5) is 10.1 Å². The number of anilines is 1. The molecule has 0 aromatic heterocycles. The first kappa shape index (κ1) is 25.4. The van der Waals surface area contributed by atoms with Crippen LogP contribution in [0.1, 0.15) is 59.4 Å². The van der Waals surface area contributed by atoms with Gasteiger partial charge in [-0.25, -0.2) is 9.38 Å². The van der Waals surface area contributed by atoms with Crippen molar-refractivity contribution < 1.29 is 9.50 Å². The van der Waals surface area contributed by atoms with Gasteiger partial charge in [-0.15, -0.1) is 0 Å². The van der Waals surface area contributed by atoms with Crippen molar-refractivity contribution >= 4 is 11.6 Å².